The van der Waals surface area contributed by atoms with Crippen molar-refractivity contribution in [1.29, 1.82) is 0 Å². The van der Waals surface area contributed by atoms with E-state index in [1.54, 1.807) is 0 Å². The molecule has 0 spiro atoms. The lowest BCUT2D eigenvalue weighted by atomic mass is 9.96. The van der Waals surface area contributed by atoms with Gasteiger partial charge >= 0.3 is 0 Å². The molecule has 0 aromatic carbocycles. The summed E-state index contributed by atoms with van der Waals surface area (Å²) in [7, 11) is -0.410. The summed E-state index contributed by atoms with van der Waals surface area (Å²) < 4.78 is 11.4. The number of rotatable bonds is 23. The fourth-order valence-corrected chi connectivity index (χ4v) is 6.30. The van der Waals surface area contributed by atoms with Crippen molar-refractivity contribution < 1.29 is 9.47 Å². The Bertz CT molecular complexity index is 834. The molecular formula is C32H55N3O2Si. The van der Waals surface area contributed by atoms with Crippen molar-refractivity contribution in [3.8, 4) is 17.1 Å². The van der Waals surface area contributed by atoms with Crippen molar-refractivity contribution in [3.05, 3.63) is 30.7 Å². The third kappa shape index (κ3) is 15.0. The Balaban J connectivity index is 1.63. The second-order valence-electron chi connectivity index (χ2n) is 11.2. The molecular weight excluding hydrogens is 486 g/mol. The van der Waals surface area contributed by atoms with E-state index in [1.807, 2.05) is 30.7 Å². The van der Waals surface area contributed by atoms with Gasteiger partial charge in [-0.15, -0.1) is 0 Å². The van der Waals surface area contributed by atoms with Crippen molar-refractivity contribution in [3.63, 3.8) is 0 Å². The number of nitrogens with zero attached hydrogens (tertiary/aromatic N) is 3. The van der Waals surface area contributed by atoms with E-state index >= 15 is 0 Å². The van der Waals surface area contributed by atoms with Crippen LogP contribution in [-0.2, 0) is 4.74 Å². The topological polar surface area (TPSA) is 57.1 Å². The minimum atomic E-state index is -0.410. The molecule has 214 valence electrons. The van der Waals surface area contributed by atoms with Crippen molar-refractivity contribution in [1.82, 2.24) is 15.0 Å². The third-order valence-corrected chi connectivity index (χ3v) is 9.51. The van der Waals surface area contributed by atoms with Gasteiger partial charge in [-0.05, 0) is 37.2 Å². The first-order valence-corrected chi connectivity index (χ1v) is 17.3. The molecule has 2 aromatic heterocycles. The monoisotopic (exact) mass is 541 g/mol. The molecule has 0 aliphatic rings. The molecule has 0 fully saturated rings. The molecule has 5 nitrogen and oxygen atoms in total. The minimum absolute atomic E-state index is 0.410. The van der Waals surface area contributed by atoms with Gasteiger partial charge in [0.1, 0.15) is 0 Å². The summed E-state index contributed by atoms with van der Waals surface area (Å²) in [6, 6.07) is 5.28. The van der Waals surface area contributed by atoms with Crippen LogP contribution in [0.4, 0.5) is 0 Å². The first-order chi connectivity index (χ1) is 18.6. The fraction of sp³-hybridized carbons (Fsp3) is 0.719. The van der Waals surface area contributed by atoms with E-state index in [9.17, 15) is 0 Å². The SMILES string of the molecule is CCCCCC(C)CCCCCC(C)C[SiH2]c1cncc(-c2ccc(OCCCCOCCCC)nc2)n1. The van der Waals surface area contributed by atoms with Crippen molar-refractivity contribution in [2.24, 2.45) is 11.8 Å². The Labute approximate surface area is 235 Å². The molecule has 0 aliphatic heterocycles. The Hall–Kier alpha value is -1.79. The van der Waals surface area contributed by atoms with Crippen molar-refractivity contribution in [2.45, 2.75) is 117 Å². The van der Waals surface area contributed by atoms with Crippen LogP contribution in [0, 0.1) is 11.8 Å². The first-order valence-electron chi connectivity index (χ1n) is 15.6. The van der Waals surface area contributed by atoms with Gasteiger partial charge in [0.2, 0.25) is 5.88 Å². The highest BCUT2D eigenvalue weighted by molar-refractivity contribution is 6.52. The summed E-state index contributed by atoms with van der Waals surface area (Å²) in [5.41, 5.74) is 1.92. The molecule has 0 amide bonds. The minimum Gasteiger partial charge on any atom is -0.478 e. The van der Waals surface area contributed by atoms with Crippen LogP contribution in [0.5, 0.6) is 5.88 Å². The average molecular weight is 542 g/mol. The van der Waals surface area contributed by atoms with Crippen LogP contribution in [0.2, 0.25) is 6.04 Å². The van der Waals surface area contributed by atoms with Crippen LogP contribution in [0.25, 0.3) is 11.3 Å². The maximum absolute atomic E-state index is 5.80. The fourth-order valence-electron chi connectivity index (χ4n) is 4.70. The molecule has 0 bridgehead atoms. The molecule has 2 rings (SSSR count). The maximum Gasteiger partial charge on any atom is 0.213 e. The molecule has 2 heterocycles. The van der Waals surface area contributed by atoms with Gasteiger partial charge in [0, 0.05) is 42.6 Å². The van der Waals surface area contributed by atoms with E-state index in [1.165, 1.54) is 75.6 Å². The van der Waals surface area contributed by atoms with Crippen LogP contribution >= 0.6 is 0 Å². The second kappa shape index (κ2) is 21.1. The molecule has 0 aliphatic carbocycles. The third-order valence-electron chi connectivity index (χ3n) is 7.38. The molecule has 6 heteroatoms. The Kier molecular flexibility index (Phi) is 18.0. The van der Waals surface area contributed by atoms with E-state index in [4.69, 9.17) is 14.5 Å². The highest BCUT2D eigenvalue weighted by Crippen LogP contribution is 2.20. The van der Waals surface area contributed by atoms with E-state index in [0.29, 0.717) is 12.5 Å². The van der Waals surface area contributed by atoms with E-state index in [2.05, 4.69) is 37.7 Å². The van der Waals surface area contributed by atoms with Crippen LogP contribution in [0.1, 0.15) is 111 Å². The molecule has 0 saturated carbocycles. The lowest BCUT2D eigenvalue weighted by Gasteiger charge is -2.13. The lowest BCUT2D eigenvalue weighted by Crippen LogP contribution is -2.21. The Morgan fingerprint density at radius 3 is 2.18 bits per heavy atom. The summed E-state index contributed by atoms with van der Waals surface area (Å²) in [5, 5.41) is 1.21. The molecule has 0 N–H and O–H groups in total. The number of hydrogen-bond donors (Lipinski definition) is 0. The number of pyridine rings is 1. The summed E-state index contributed by atoms with van der Waals surface area (Å²) in [4.78, 5) is 13.9. The Morgan fingerprint density at radius 1 is 0.737 bits per heavy atom. The van der Waals surface area contributed by atoms with Gasteiger partial charge in [0.05, 0.1) is 28.0 Å². The van der Waals surface area contributed by atoms with Crippen LogP contribution in [-0.4, -0.2) is 44.3 Å². The van der Waals surface area contributed by atoms with Gasteiger partial charge < -0.3 is 9.47 Å². The van der Waals surface area contributed by atoms with E-state index in [0.717, 1.165) is 55.6 Å². The van der Waals surface area contributed by atoms with Gasteiger partial charge in [0.25, 0.3) is 0 Å². The summed E-state index contributed by atoms with van der Waals surface area (Å²) in [6.45, 7) is 11.7. The number of hydrogen-bond acceptors (Lipinski definition) is 5. The first kappa shape index (κ1) is 32.4. The van der Waals surface area contributed by atoms with Gasteiger partial charge in [-0.3, -0.25) is 9.97 Å². The molecule has 2 unspecified atom stereocenters. The molecule has 2 aromatic rings. The largest absolute Gasteiger partial charge is 0.478 e. The molecule has 0 radical (unpaired) electrons. The van der Waals surface area contributed by atoms with Crippen molar-refractivity contribution >= 4 is 14.8 Å². The zero-order valence-corrected chi connectivity index (χ0v) is 26.3. The van der Waals surface area contributed by atoms with Crippen LogP contribution in [0.3, 0.4) is 0 Å². The predicted octanol–water partition coefficient (Wildman–Crippen LogP) is 7.53. The summed E-state index contributed by atoms with van der Waals surface area (Å²) in [5.74, 6) is 2.36. The average Bonchev–Trinajstić information content (AvgIpc) is 2.94. The smallest absolute Gasteiger partial charge is 0.213 e. The highest BCUT2D eigenvalue weighted by atomic mass is 28.2. The zero-order chi connectivity index (χ0) is 27.3. The summed E-state index contributed by atoms with van der Waals surface area (Å²) >= 11 is 0. The maximum atomic E-state index is 5.80. The molecule has 38 heavy (non-hydrogen) atoms. The van der Waals surface area contributed by atoms with Crippen molar-refractivity contribution in [2.75, 3.05) is 19.8 Å². The number of ether oxygens (including phenoxy) is 2. The normalized spacial score (nSPS) is 13.3. The number of unbranched alkanes of at least 4 members (excludes halogenated alkanes) is 6. The molecule has 0 saturated heterocycles. The highest BCUT2D eigenvalue weighted by Gasteiger charge is 2.08. The van der Waals surface area contributed by atoms with Gasteiger partial charge in [-0.1, -0.05) is 97.9 Å². The van der Waals surface area contributed by atoms with E-state index in [-0.39, 0.29) is 0 Å². The van der Waals surface area contributed by atoms with Gasteiger partial charge in [-0.2, -0.15) is 0 Å². The standard InChI is InChI=1S/C32H55N3O2Si/c1-5-7-10-15-27(3)16-11-9-12-17-28(4)26-38-32-25-33-24-30(35-32)29-18-19-31(34-23-29)37-22-14-13-21-36-20-8-6-2/h18-19,23-25,27-28H,5-17,20-22,26,38H2,1-4H3. The zero-order valence-electron chi connectivity index (χ0n) is 24.9. The van der Waals surface area contributed by atoms with Gasteiger partial charge in [0.15, 0.2) is 0 Å². The van der Waals surface area contributed by atoms with Crippen LogP contribution < -0.4 is 10.1 Å². The quantitative estimate of drug-likeness (QED) is 0.107. The predicted molar refractivity (Wildman–Crippen MR) is 164 cm³/mol. The number of aromatic nitrogens is 3. The Morgan fingerprint density at radius 2 is 1.45 bits per heavy atom. The lowest BCUT2D eigenvalue weighted by molar-refractivity contribution is 0.123. The summed E-state index contributed by atoms with van der Waals surface area (Å²) in [6.07, 6.45) is 22.5. The second-order valence-corrected chi connectivity index (χ2v) is 13.0. The van der Waals surface area contributed by atoms with Gasteiger partial charge in [-0.25, -0.2) is 4.98 Å². The van der Waals surface area contributed by atoms with E-state index < -0.39 is 9.52 Å². The van der Waals surface area contributed by atoms with Crippen LogP contribution in [0.15, 0.2) is 30.7 Å². The molecule has 2 atom stereocenters.